The monoisotopic (exact) mass is 349 g/mol. The van der Waals surface area contributed by atoms with Gasteiger partial charge in [0.1, 0.15) is 0 Å². The van der Waals surface area contributed by atoms with E-state index in [0.29, 0.717) is 0 Å². The van der Waals surface area contributed by atoms with Gasteiger partial charge in [-0.2, -0.15) is 0 Å². The molecule has 0 aliphatic carbocycles. The Labute approximate surface area is 121 Å². The van der Waals surface area contributed by atoms with Crippen LogP contribution in [0, 0.1) is 0 Å². The zero-order valence-electron chi connectivity index (χ0n) is 10.5. The summed E-state index contributed by atoms with van der Waals surface area (Å²) in [6, 6.07) is 6.97. The highest BCUT2D eigenvalue weighted by atomic mass is 79.9. The summed E-state index contributed by atoms with van der Waals surface area (Å²) >= 11 is 3.36. The molecule has 0 amide bonds. The molecule has 1 unspecified atom stereocenters. The first-order valence-electron chi connectivity index (χ1n) is 5.78. The number of sulfonamides is 1. The molecule has 0 aliphatic rings. The summed E-state index contributed by atoms with van der Waals surface area (Å²) in [5.74, 6) is -1.18. The van der Waals surface area contributed by atoms with Crippen LogP contribution in [0.3, 0.4) is 0 Å². The quantitative estimate of drug-likeness (QED) is 0.790. The van der Waals surface area contributed by atoms with Gasteiger partial charge in [0.25, 0.3) is 0 Å². The van der Waals surface area contributed by atoms with E-state index in [9.17, 15) is 13.2 Å². The normalized spacial score (nSPS) is 13.2. The number of hydrogen-bond donors (Lipinski definition) is 2. The summed E-state index contributed by atoms with van der Waals surface area (Å²) in [7, 11) is -3.48. The van der Waals surface area contributed by atoms with Gasteiger partial charge in [-0.1, -0.05) is 34.1 Å². The fourth-order valence-electron chi connectivity index (χ4n) is 1.63. The fraction of sp³-hybridized carbons (Fsp3) is 0.417. The molecule has 0 saturated heterocycles. The lowest BCUT2D eigenvalue weighted by atomic mass is 10.1. The Morgan fingerprint density at radius 3 is 2.63 bits per heavy atom. The minimum Gasteiger partial charge on any atom is -0.481 e. The molecule has 1 aromatic rings. The second kappa shape index (κ2) is 7.02. The van der Waals surface area contributed by atoms with Gasteiger partial charge in [-0.15, -0.1) is 0 Å². The van der Waals surface area contributed by atoms with Crippen LogP contribution in [0.1, 0.15) is 31.4 Å². The molecular formula is C12H16BrNO4S. The predicted molar refractivity (Wildman–Crippen MR) is 76.3 cm³/mol. The maximum Gasteiger partial charge on any atom is 0.303 e. The van der Waals surface area contributed by atoms with Gasteiger partial charge in [-0.05, 0) is 25.0 Å². The van der Waals surface area contributed by atoms with E-state index in [0.717, 1.165) is 10.0 Å². The highest BCUT2D eigenvalue weighted by molar-refractivity contribution is 9.10. The van der Waals surface area contributed by atoms with Crippen LogP contribution in [0.4, 0.5) is 0 Å². The summed E-state index contributed by atoms with van der Waals surface area (Å²) in [4.78, 5) is 10.4. The van der Waals surface area contributed by atoms with Crippen molar-refractivity contribution in [1.82, 2.24) is 4.72 Å². The van der Waals surface area contributed by atoms with Gasteiger partial charge < -0.3 is 5.11 Å². The smallest absolute Gasteiger partial charge is 0.303 e. The Balaban J connectivity index is 2.63. The average Bonchev–Trinajstić information content (AvgIpc) is 2.27. The fourth-order valence-corrected chi connectivity index (χ4v) is 3.57. The second-order valence-electron chi connectivity index (χ2n) is 4.18. The van der Waals surface area contributed by atoms with E-state index < -0.39 is 16.0 Å². The lowest BCUT2D eigenvalue weighted by molar-refractivity contribution is -0.137. The molecule has 0 aromatic heterocycles. The highest BCUT2D eigenvalue weighted by Gasteiger charge is 2.17. The van der Waals surface area contributed by atoms with Crippen molar-refractivity contribution in [2.75, 3.05) is 5.75 Å². The largest absolute Gasteiger partial charge is 0.481 e. The molecule has 0 heterocycles. The van der Waals surface area contributed by atoms with Crippen LogP contribution in [-0.2, 0) is 14.8 Å². The maximum atomic E-state index is 11.8. The van der Waals surface area contributed by atoms with Crippen LogP contribution >= 0.6 is 15.9 Å². The van der Waals surface area contributed by atoms with Crippen molar-refractivity contribution >= 4 is 31.9 Å². The number of benzene rings is 1. The maximum absolute atomic E-state index is 11.8. The van der Waals surface area contributed by atoms with E-state index in [1.54, 1.807) is 6.92 Å². The Morgan fingerprint density at radius 1 is 1.42 bits per heavy atom. The van der Waals surface area contributed by atoms with Gasteiger partial charge in [-0.3, -0.25) is 4.79 Å². The molecule has 0 saturated carbocycles. The summed E-state index contributed by atoms with van der Waals surface area (Å²) in [6.07, 6.45) is -0.0440. The lowest BCUT2D eigenvalue weighted by Gasteiger charge is -2.15. The van der Waals surface area contributed by atoms with Gasteiger partial charge >= 0.3 is 5.97 Å². The summed E-state index contributed by atoms with van der Waals surface area (Å²) in [5.41, 5.74) is 0.837. The second-order valence-corrected chi connectivity index (χ2v) is 6.90. The van der Waals surface area contributed by atoms with Crippen LogP contribution < -0.4 is 4.72 Å². The SMILES string of the molecule is CC(NS(=O)(=O)CCCC(=O)O)c1ccccc1Br. The zero-order valence-corrected chi connectivity index (χ0v) is 12.9. The minimum atomic E-state index is -3.48. The number of halogens is 1. The number of nitrogens with one attached hydrogen (secondary N) is 1. The molecule has 0 fully saturated rings. The molecule has 0 bridgehead atoms. The van der Waals surface area contributed by atoms with Crippen LogP contribution in [0.5, 0.6) is 0 Å². The third-order valence-corrected chi connectivity index (χ3v) is 4.79. The first-order valence-corrected chi connectivity index (χ1v) is 8.22. The van der Waals surface area contributed by atoms with E-state index >= 15 is 0 Å². The Kier molecular flexibility index (Phi) is 5.96. The zero-order chi connectivity index (χ0) is 14.5. The van der Waals surface area contributed by atoms with Crippen molar-refractivity contribution < 1.29 is 18.3 Å². The molecule has 1 atom stereocenters. The predicted octanol–water partition coefficient (Wildman–Crippen LogP) is 2.29. The van der Waals surface area contributed by atoms with Gasteiger partial charge in [-0.25, -0.2) is 13.1 Å². The molecule has 7 heteroatoms. The highest BCUT2D eigenvalue weighted by Crippen LogP contribution is 2.23. The van der Waals surface area contributed by atoms with Crippen LogP contribution in [0.25, 0.3) is 0 Å². The van der Waals surface area contributed by atoms with Crippen LogP contribution in [0.2, 0.25) is 0 Å². The number of aliphatic carboxylic acids is 1. The molecule has 106 valence electrons. The topological polar surface area (TPSA) is 83.5 Å². The lowest BCUT2D eigenvalue weighted by Crippen LogP contribution is -2.29. The number of carbonyl (C=O) groups is 1. The van der Waals surface area contributed by atoms with E-state index in [2.05, 4.69) is 20.7 Å². The van der Waals surface area contributed by atoms with Gasteiger partial charge in [0.2, 0.25) is 10.0 Å². The van der Waals surface area contributed by atoms with Crippen molar-refractivity contribution in [3.8, 4) is 0 Å². The van der Waals surface area contributed by atoms with Crippen molar-refractivity contribution in [1.29, 1.82) is 0 Å². The van der Waals surface area contributed by atoms with E-state index in [-0.39, 0.29) is 24.6 Å². The number of rotatable bonds is 7. The van der Waals surface area contributed by atoms with Crippen molar-refractivity contribution in [2.45, 2.75) is 25.8 Å². The summed E-state index contributed by atoms with van der Waals surface area (Å²) < 4.78 is 26.9. The third-order valence-electron chi connectivity index (χ3n) is 2.53. The standard InChI is InChI=1S/C12H16BrNO4S/c1-9(10-5-2-3-6-11(10)13)14-19(17,18)8-4-7-12(15)16/h2-3,5-6,9,14H,4,7-8H2,1H3,(H,15,16). The first-order chi connectivity index (χ1) is 8.82. The summed E-state index contributed by atoms with van der Waals surface area (Å²) in [6.45, 7) is 1.74. The van der Waals surface area contributed by atoms with Gasteiger partial charge in [0.15, 0.2) is 0 Å². The van der Waals surface area contributed by atoms with Crippen LogP contribution in [-0.4, -0.2) is 25.2 Å². The third kappa shape index (κ3) is 5.71. The summed E-state index contributed by atoms with van der Waals surface area (Å²) in [5, 5.41) is 8.49. The van der Waals surface area contributed by atoms with E-state index in [4.69, 9.17) is 5.11 Å². The molecule has 5 nitrogen and oxygen atoms in total. The number of carboxylic acids is 1. The molecule has 0 spiro atoms. The molecule has 19 heavy (non-hydrogen) atoms. The Morgan fingerprint density at radius 2 is 2.05 bits per heavy atom. The minimum absolute atomic E-state index is 0.105. The van der Waals surface area contributed by atoms with E-state index in [1.807, 2.05) is 24.3 Å². The van der Waals surface area contributed by atoms with Gasteiger partial charge in [0, 0.05) is 16.9 Å². The molecule has 1 aromatic carbocycles. The first kappa shape index (κ1) is 16.1. The Bertz CT molecular complexity index is 544. The molecule has 0 radical (unpaired) electrons. The number of hydrogen-bond acceptors (Lipinski definition) is 3. The van der Waals surface area contributed by atoms with Crippen molar-refractivity contribution in [3.63, 3.8) is 0 Å². The number of carboxylic acid groups (broad SMARTS) is 1. The molecular weight excluding hydrogens is 334 g/mol. The Hall–Kier alpha value is -0.920. The average molecular weight is 350 g/mol. The van der Waals surface area contributed by atoms with Crippen LogP contribution in [0.15, 0.2) is 28.7 Å². The molecule has 0 aliphatic heterocycles. The molecule has 2 N–H and O–H groups in total. The van der Waals surface area contributed by atoms with E-state index in [1.165, 1.54) is 0 Å². The molecule has 1 rings (SSSR count). The van der Waals surface area contributed by atoms with Gasteiger partial charge in [0.05, 0.1) is 5.75 Å². The van der Waals surface area contributed by atoms with Crippen molar-refractivity contribution in [3.05, 3.63) is 34.3 Å². The van der Waals surface area contributed by atoms with Crippen molar-refractivity contribution in [2.24, 2.45) is 0 Å².